The molecule has 2 heterocycles. The number of morpholine rings is 2. The number of anilines is 2. The monoisotopic (exact) mass is 563 g/mol. The highest BCUT2D eigenvalue weighted by Crippen LogP contribution is 2.25. The van der Waals surface area contributed by atoms with Gasteiger partial charge in [0, 0.05) is 43.6 Å². The number of nitrogens with one attached hydrogen (secondary N) is 1. The van der Waals surface area contributed by atoms with Crippen LogP contribution in [0.1, 0.15) is 22.8 Å². The maximum Gasteiger partial charge on any atom is 0.259 e. The molecule has 4 amide bonds. The molecule has 2 atom stereocenters. The number of carbonyl (C=O) groups excluding carboxylic acids is 4. The van der Waals surface area contributed by atoms with Crippen molar-refractivity contribution in [3.63, 3.8) is 0 Å². The van der Waals surface area contributed by atoms with Crippen molar-refractivity contribution < 1.29 is 33.8 Å². The zero-order chi connectivity index (χ0) is 29.5. The van der Waals surface area contributed by atoms with Crippen LogP contribution in [0.4, 0.5) is 17.1 Å². The summed E-state index contributed by atoms with van der Waals surface area (Å²) in [4.78, 5) is 59.6. The molecule has 2 aliphatic heterocycles. The van der Waals surface area contributed by atoms with Gasteiger partial charge in [0.2, 0.25) is 5.91 Å². The SMILES string of the molecule is [C-]#[N+]c1ccc(NC(=O)[C@H](O)[C@H]2OCCN(c3cccc(C(=O)N(C)CC(=O)N4CCOCC4)c3)C2=O)cc1CC. The molecule has 0 spiro atoms. The second kappa shape index (κ2) is 13.4. The summed E-state index contributed by atoms with van der Waals surface area (Å²) in [6.07, 6.45) is -2.66. The van der Waals surface area contributed by atoms with Crippen LogP contribution in [-0.2, 0) is 30.3 Å². The zero-order valence-electron chi connectivity index (χ0n) is 23.0. The minimum atomic E-state index is -1.79. The minimum absolute atomic E-state index is 0.0621. The standard InChI is InChI=1S/C29H33N5O7/c1-4-19-16-21(8-9-23(19)30-2)31-27(37)25(36)26-29(39)34(12-15-41-26)22-7-5-6-20(17-22)28(38)32(3)18-24(35)33-10-13-40-14-11-33/h5-9,16-17,25-26,36H,4,10-15,18H2,1,3H3,(H,31,37)/t25-,26-/m1/s1. The quantitative estimate of drug-likeness (QED) is 0.465. The first kappa shape index (κ1) is 29.7. The van der Waals surface area contributed by atoms with Crippen LogP contribution in [0, 0.1) is 6.57 Å². The number of nitrogens with zero attached hydrogens (tertiary/aromatic N) is 4. The number of aryl methyl sites for hydroxylation is 1. The van der Waals surface area contributed by atoms with Crippen molar-refractivity contribution in [2.24, 2.45) is 0 Å². The van der Waals surface area contributed by atoms with Crippen molar-refractivity contribution in [1.82, 2.24) is 9.80 Å². The van der Waals surface area contributed by atoms with Crippen molar-refractivity contribution >= 4 is 40.7 Å². The fraction of sp³-hybridized carbons (Fsp3) is 0.414. The average Bonchev–Trinajstić information content (AvgIpc) is 3.00. The smallest absolute Gasteiger partial charge is 0.259 e. The summed E-state index contributed by atoms with van der Waals surface area (Å²) in [7, 11) is 1.54. The van der Waals surface area contributed by atoms with Gasteiger partial charge in [-0.1, -0.05) is 19.1 Å². The Kier molecular flexibility index (Phi) is 9.67. The zero-order valence-corrected chi connectivity index (χ0v) is 23.0. The molecule has 0 unspecified atom stereocenters. The van der Waals surface area contributed by atoms with Crippen molar-refractivity contribution in [2.45, 2.75) is 25.6 Å². The lowest BCUT2D eigenvalue weighted by Crippen LogP contribution is -2.55. The molecule has 12 nitrogen and oxygen atoms in total. The maximum atomic E-state index is 13.3. The van der Waals surface area contributed by atoms with Crippen LogP contribution >= 0.6 is 0 Å². The lowest BCUT2D eigenvalue weighted by molar-refractivity contribution is -0.150. The number of likely N-dealkylation sites (N-methyl/N-ethyl adjacent to an activating group) is 1. The van der Waals surface area contributed by atoms with Gasteiger partial charge in [0.05, 0.1) is 32.9 Å². The van der Waals surface area contributed by atoms with Gasteiger partial charge in [-0.05, 0) is 42.3 Å². The molecule has 2 aliphatic rings. The summed E-state index contributed by atoms with van der Waals surface area (Å²) in [5.41, 5.74) is 2.29. The van der Waals surface area contributed by atoms with Crippen LogP contribution in [0.15, 0.2) is 42.5 Å². The van der Waals surface area contributed by atoms with Crippen molar-refractivity contribution in [1.29, 1.82) is 0 Å². The number of amides is 4. The molecule has 2 fully saturated rings. The fourth-order valence-corrected chi connectivity index (χ4v) is 4.71. The van der Waals surface area contributed by atoms with E-state index in [4.69, 9.17) is 16.0 Å². The van der Waals surface area contributed by atoms with Crippen LogP contribution < -0.4 is 10.2 Å². The first-order valence-electron chi connectivity index (χ1n) is 13.4. The number of hydrogen-bond donors (Lipinski definition) is 2. The molecule has 0 bridgehead atoms. The van der Waals surface area contributed by atoms with Crippen molar-refractivity contribution in [2.75, 3.05) is 63.3 Å². The molecule has 0 aliphatic carbocycles. The van der Waals surface area contributed by atoms with E-state index in [0.29, 0.717) is 49.8 Å². The number of aliphatic hydroxyl groups excluding tert-OH is 1. The number of benzene rings is 2. The van der Waals surface area contributed by atoms with E-state index in [1.54, 1.807) is 41.3 Å². The molecule has 41 heavy (non-hydrogen) atoms. The molecule has 216 valence electrons. The minimum Gasteiger partial charge on any atom is -0.380 e. The van der Waals surface area contributed by atoms with E-state index < -0.39 is 24.0 Å². The van der Waals surface area contributed by atoms with E-state index in [0.717, 1.165) is 5.56 Å². The van der Waals surface area contributed by atoms with E-state index >= 15 is 0 Å². The third-order valence-corrected chi connectivity index (χ3v) is 7.01. The molecule has 0 radical (unpaired) electrons. The highest BCUT2D eigenvalue weighted by molar-refractivity contribution is 6.05. The van der Waals surface area contributed by atoms with E-state index in [1.807, 2.05) is 6.92 Å². The normalized spacial score (nSPS) is 17.9. The predicted molar refractivity (Wildman–Crippen MR) is 150 cm³/mol. The van der Waals surface area contributed by atoms with Gasteiger partial charge in [-0.25, -0.2) is 4.85 Å². The van der Waals surface area contributed by atoms with Crippen LogP contribution in [-0.4, -0.2) is 104 Å². The molecule has 12 heteroatoms. The second-order valence-corrected chi connectivity index (χ2v) is 9.73. The van der Waals surface area contributed by atoms with Crippen LogP contribution in [0.3, 0.4) is 0 Å². The fourth-order valence-electron chi connectivity index (χ4n) is 4.71. The molecule has 2 saturated heterocycles. The van der Waals surface area contributed by atoms with Crippen molar-refractivity contribution in [3.05, 3.63) is 65.0 Å². The average molecular weight is 564 g/mol. The summed E-state index contributed by atoms with van der Waals surface area (Å²) >= 11 is 0. The molecule has 2 aromatic rings. The molecule has 2 N–H and O–H groups in total. The molecule has 0 aromatic heterocycles. The molecular formula is C29H33N5O7. The number of hydrogen-bond acceptors (Lipinski definition) is 7. The Morgan fingerprint density at radius 2 is 1.90 bits per heavy atom. The summed E-state index contributed by atoms with van der Waals surface area (Å²) < 4.78 is 10.8. The number of rotatable bonds is 8. The molecule has 0 saturated carbocycles. The Hall–Kier alpha value is -4.31. The molecule has 2 aromatic carbocycles. The highest BCUT2D eigenvalue weighted by atomic mass is 16.5. The van der Waals surface area contributed by atoms with Gasteiger partial charge >= 0.3 is 0 Å². The predicted octanol–water partition coefficient (Wildman–Crippen LogP) is 1.46. The largest absolute Gasteiger partial charge is 0.380 e. The van der Waals surface area contributed by atoms with E-state index in [1.165, 1.54) is 22.9 Å². The summed E-state index contributed by atoms with van der Waals surface area (Å²) in [5, 5.41) is 13.3. The first-order valence-corrected chi connectivity index (χ1v) is 13.4. The lowest BCUT2D eigenvalue weighted by atomic mass is 10.1. The lowest BCUT2D eigenvalue weighted by Gasteiger charge is -2.34. The van der Waals surface area contributed by atoms with Gasteiger partial charge in [-0.2, -0.15) is 0 Å². The molecular weight excluding hydrogens is 530 g/mol. The van der Waals surface area contributed by atoms with Crippen LogP contribution in [0.25, 0.3) is 4.85 Å². The number of carbonyl (C=O) groups is 4. The highest BCUT2D eigenvalue weighted by Gasteiger charge is 2.39. The summed E-state index contributed by atoms with van der Waals surface area (Å²) in [6.45, 7) is 11.1. The van der Waals surface area contributed by atoms with Crippen molar-refractivity contribution in [3.8, 4) is 0 Å². The number of aliphatic hydroxyl groups is 1. The van der Waals surface area contributed by atoms with Gasteiger partial charge < -0.3 is 34.6 Å². The van der Waals surface area contributed by atoms with Gasteiger partial charge in [0.1, 0.15) is 0 Å². The molecule has 4 rings (SSSR count). The van der Waals surface area contributed by atoms with Gasteiger partial charge in [0.15, 0.2) is 17.9 Å². The third-order valence-electron chi connectivity index (χ3n) is 7.01. The Morgan fingerprint density at radius 1 is 1.15 bits per heavy atom. The van der Waals surface area contributed by atoms with E-state index in [2.05, 4.69) is 10.2 Å². The Morgan fingerprint density at radius 3 is 2.61 bits per heavy atom. The first-order chi connectivity index (χ1) is 19.7. The summed E-state index contributed by atoms with van der Waals surface area (Å²) in [6, 6.07) is 11.2. The van der Waals surface area contributed by atoms with Gasteiger partial charge in [0.25, 0.3) is 17.7 Å². The van der Waals surface area contributed by atoms with E-state index in [-0.39, 0.29) is 37.1 Å². The Bertz CT molecular complexity index is 1350. The summed E-state index contributed by atoms with van der Waals surface area (Å²) in [5.74, 6) is -2.01. The van der Waals surface area contributed by atoms with E-state index in [9.17, 15) is 24.3 Å². The van der Waals surface area contributed by atoms with Gasteiger partial charge in [-0.3, -0.25) is 19.2 Å². The Labute approximate surface area is 238 Å². The Balaban J connectivity index is 1.42. The maximum absolute atomic E-state index is 13.3. The second-order valence-electron chi connectivity index (χ2n) is 9.73. The third kappa shape index (κ3) is 6.89. The van der Waals surface area contributed by atoms with Crippen LogP contribution in [0.2, 0.25) is 0 Å². The van der Waals surface area contributed by atoms with Gasteiger partial charge in [-0.15, -0.1) is 0 Å². The number of ether oxygens (including phenoxy) is 2. The topological polar surface area (TPSA) is 133 Å². The van der Waals surface area contributed by atoms with Crippen LogP contribution in [0.5, 0.6) is 0 Å².